The van der Waals surface area contributed by atoms with Gasteiger partial charge >= 0.3 is 0 Å². The van der Waals surface area contributed by atoms with Crippen LogP contribution in [0.15, 0.2) is 46.7 Å². The van der Waals surface area contributed by atoms with Crippen molar-refractivity contribution < 1.29 is 13.2 Å². The number of thioether (sulfide) groups is 1. The van der Waals surface area contributed by atoms with Gasteiger partial charge in [0.15, 0.2) is 0 Å². The first-order valence-electron chi connectivity index (χ1n) is 10.3. The number of hydrogen-bond acceptors (Lipinski definition) is 7. The SMILES string of the molecule is O=C(CSc1nc2ncccn2n1)N1CCc2cc(S(=O)(=O)N3CCCCC3)ccc21. The van der Waals surface area contributed by atoms with Crippen LogP contribution in [0.25, 0.3) is 5.78 Å². The number of nitrogens with zero attached hydrogens (tertiary/aromatic N) is 6. The Morgan fingerprint density at radius 3 is 2.77 bits per heavy atom. The molecule has 0 atom stereocenters. The highest BCUT2D eigenvalue weighted by Gasteiger charge is 2.30. The molecule has 2 aliphatic heterocycles. The molecule has 1 amide bonds. The van der Waals surface area contributed by atoms with Crippen molar-refractivity contribution in [3.63, 3.8) is 0 Å². The molecule has 3 aromatic rings. The molecule has 1 fully saturated rings. The fraction of sp³-hybridized carbons (Fsp3) is 0.400. The van der Waals surface area contributed by atoms with Crippen LogP contribution in [0.2, 0.25) is 0 Å². The van der Waals surface area contributed by atoms with E-state index in [1.165, 1.54) is 11.8 Å². The van der Waals surface area contributed by atoms with Crippen LogP contribution >= 0.6 is 11.8 Å². The monoisotopic (exact) mass is 458 g/mol. The Hall–Kier alpha value is -2.50. The summed E-state index contributed by atoms with van der Waals surface area (Å²) in [6, 6.07) is 6.88. The lowest BCUT2D eigenvalue weighted by atomic mass is 10.2. The molecule has 0 N–H and O–H groups in total. The largest absolute Gasteiger partial charge is 0.311 e. The Bertz CT molecular complexity index is 1200. The van der Waals surface area contributed by atoms with Gasteiger partial charge in [-0.15, -0.1) is 5.10 Å². The number of carbonyl (C=O) groups is 1. The molecule has 31 heavy (non-hydrogen) atoms. The maximum Gasteiger partial charge on any atom is 0.253 e. The summed E-state index contributed by atoms with van der Waals surface area (Å²) in [6.45, 7) is 1.70. The van der Waals surface area contributed by atoms with Crippen molar-refractivity contribution in [2.45, 2.75) is 35.7 Å². The van der Waals surface area contributed by atoms with Crippen LogP contribution in [-0.4, -0.2) is 63.6 Å². The Morgan fingerprint density at radius 1 is 1.13 bits per heavy atom. The van der Waals surface area contributed by atoms with Gasteiger partial charge in [-0.05, 0) is 49.1 Å². The summed E-state index contributed by atoms with van der Waals surface area (Å²) in [4.78, 5) is 23.3. The molecule has 2 aromatic heterocycles. The number of rotatable bonds is 5. The molecule has 4 heterocycles. The Labute approximate surface area is 184 Å². The van der Waals surface area contributed by atoms with Crippen LogP contribution in [0.5, 0.6) is 0 Å². The number of aromatic nitrogens is 4. The minimum atomic E-state index is -3.48. The summed E-state index contributed by atoms with van der Waals surface area (Å²) in [7, 11) is -3.48. The standard InChI is InChI=1S/C20H22N6O3S2/c27-18(14-30-20-22-19-21-8-4-11-26(19)23-20)25-12-7-15-13-16(5-6-17(15)25)31(28,29)24-9-2-1-3-10-24/h4-6,8,11,13H,1-3,7,9-10,12,14H2. The molecule has 1 saturated heterocycles. The summed E-state index contributed by atoms with van der Waals surface area (Å²) in [5, 5.41) is 4.80. The van der Waals surface area contributed by atoms with Crippen LogP contribution in [0, 0.1) is 0 Å². The first-order valence-corrected chi connectivity index (χ1v) is 12.7. The van der Waals surface area contributed by atoms with Gasteiger partial charge in [-0.25, -0.2) is 17.9 Å². The summed E-state index contributed by atoms with van der Waals surface area (Å²) in [5.41, 5.74) is 1.68. The van der Waals surface area contributed by atoms with Crippen molar-refractivity contribution in [3.8, 4) is 0 Å². The fourth-order valence-corrected chi connectivity index (χ4v) is 6.30. The lowest BCUT2D eigenvalue weighted by Crippen LogP contribution is -2.35. The Balaban J connectivity index is 1.29. The van der Waals surface area contributed by atoms with Gasteiger partial charge in [0, 0.05) is 37.7 Å². The molecule has 0 unspecified atom stereocenters. The van der Waals surface area contributed by atoms with Crippen molar-refractivity contribution in [1.29, 1.82) is 0 Å². The highest BCUT2D eigenvalue weighted by atomic mass is 32.2. The smallest absolute Gasteiger partial charge is 0.253 e. The summed E-state index contributed by atoms with van der Waals surface area (Å²) >= 11 is 1.27. The zero-order chi connectivity index (χ0) is 21.4. The average Bonchev–Trinajstić information content (AvgIpc) is 3.41. The minimum Gasteiger partial charge on any atom is -0.311 e. The second-order valence-electron chi connectivity index (χ2n) is 7.60. The zero-order valence-electron chi connectivity index (χ0n) is 16.8. The van der Waals surface area contributed by atoms with E-state index in [0.29, 0.717) is 41.9 Å². The number of piperidine rings is 1. The number of amides is 1. The van der Waals surface area contributed by atoms with Crippen molar-refractivity contribution in [2.75, 3.05) is 30.3 Å². The summed E-state index contributed by atoms with van der Waals surface area (Å²) < 4.78 is 29.1. The lowest BCUT2D eigenvalue weighted by molar-refractivity contribution is -0.116. The highest BCUT2D eigenvalue weighted by molar-refractivity contribution is 7.99. The number of anilines is 1. The quantitative estimate of drug-likeness (QED) is 0.539. The molecule has 0 bridgehead atoms. The average molecular weight is 459 g/mol. The second-order valence-corrected chi connectivity index (χ2v) is 10.5. The summed E-state index contributed by atoms with van der Waals surface area (Å²) in [5.74, 6) is 0.637. The van der Waals surface area contributed by atoms with Crippen LogP contribution in [-0.2, 0) is 21.2 Å². The van der Waals surface area contributed by atoms with Crippen LogP contribution in [0.4, 0.5) is 5.69 Å². The minimum absolute atomic E-state index is 0.0535. The maximum atomic E-state index is 13.0. The van der Waals surface area contributed by atoms with E-state index in [1.54, 1.807) is 50.4 Å². The van der Waals surface area contributed by atoms with Gasteiger partial charge in [-0.1, -0.05) is 18.2 Å². The normalized spacial score (nSPS) is 17.2. The molecule has 0 radical (unpaired) electrons. The van der Waals surface area contributed by atoms with Crippen LogP contribution in [0.3, 0.4) is 0 Å². The zero-order valence-corrected chi connectivity index (χ0v) is 18.5. The van der Waals surface area contributed by atoms with Gasteiger partial charge in [0.2, 0.25) is 21.1 Å². The van der Waals surface area contributed by atoms with Gasteiger partial charge in [-0.3, -0.25) is 4.79 Å². The van der Waals surface area contributed by atoms with Gasteiger partial charge in [0.05, 0.1) is 10.6 Å². The summed E-state index contributed by atoms with van der Waals surface area (Å²) in [6.07, 6.45) is 6.93. The van der Waals surface area contributed by atoms with Gasteiger partial charge in [-0.2, -0.15) is 9.29 Å². The van der Waals surface area contributed by atoms with Crippen molar-refractivity contribution >= 4 is 39.2 Å². The molecule has 2 aliphatic rings. The molecule has 5 rings (SSSR count). The van der Waals surface area contributed by atoms with Gasteiger partial charge in [0.25, 0.3) is 5.78 Å². The first-order chi connectivity index (χ1) is 15.0. The van der Waals surface area contributed by atoms with Crippen LogP contribution in [0.1, 0.15) is 24.8 Å². The van der Waals surface area contributed by atoms with E-state index in [2.05, 4.69) is 15.1 Å². The van der Waals surface area contributed by atoms with Gasteiger partial charge < -0.3 is 4.90 Å². The third-order valence-corrected chi connectivity index (χ3v) is 8.34. The number of fused-ring (bicyclic) bond motifs is 2. The molecule has 0 saturated carbocycles. The number of carbonyl (C=O) groups excluding carboxylic acids is 1. The number of hydrogen-bond donors (Lipinski definition) is 0. The van der Waals surface area contributed by atoms with Crippen molar-refractivity contribution in [2.24, 2.45) is 0 Å². The maximum absolute atomic E-state index is 13.0. The van der Waals surface area contributed by atoms with E-state index < -0.39 is 10.0 Å². The highest BCUT2D eigenvalue weighted by Crippen LogP contribution is 2.32. The molecule has 0 aliphatic carbocycles. The second kappa shape index (κ2) is 8.21. The topological polar surface area (TPSA) is 101 Å². The van der Waals surface area contributed by atoms with Crippen molar-refractivity contribution in [1.82, 2.24) is 23.9 Å². The van der Waals surface area contributed by atoms with E-state index in [4.69, 9.17) is 0 Å². The third kappa shape index (κ3) is 3.92. The van der Waals surface area contributed by atoms with E-state index in [1.807, 2.05) is 0 Å². The Morgan fingerprint density at radius 2 is 1.97 bits per heavy atom. The molecule has 1 aromatic carbocycles. The fourth-order valence-electron chi connectivity index (χ4n) is 4.03. The van der Waals surface area contributed by atoms with Crippen molar-refractivity contribution in [3.05, 3.63) is 42.2 Å². The lowest BCUT2D eigenvalue weighted by Gasteiger charge is -2.26. The van der Waals surface area contributed by atoms with E-state index in [9.17, 15) is 13.2 Å². The molecular weight excluding hydrogens is 436 g/mol. The number of benzene rings is 1. The molecule has 0 spiro atoms. The molecule has 162 valence electrons. The first kappa shape index (κ1) is 20.4. The molecule has 11 heteroatoms. The van der Waals surface area contributed by atoms with Crippen LogP contribution < -0.4 is 4.90 Å². The molecular formula is C20H22N6O3S2. The third-order valence-electron chi connectivity index (χ3n) is 5.62. The van der Waals surface area contributed by atoms with E-state index >= 15 is 0 Å². The predicted octanol–water partition coefficient (Wildman–Crippen LogP) is 1.98. The predicted molar refractivity (Wildman–Crippen MR) is 117 cm³/mol. The number of sulfonamides is 1. The Kier molecular flexibility index (Phi) is 5.40. The molecule has 9 nitrogen and oxygen atoms in total. The van der Waals surface area contributed by atoms with Gasteiger partial charge in [0.1, 0.15) is 0 Å². The van der Waals surface area contributed by atoms with E-state index in [0.717, 1.165) is 30.5 Å². The van der Waals surface area contributed by atoms with E-state index in [-0.39, 0.29) is 11.7 Å².